The van der Waals surface area contributed by atoms with Gasteiger partial charge in [0.15, 0.2) is 5.96 Å². The molecule has 0 aliphatic heterocycles. The van der Waals surface area contributed by atoms with Gasteiger partial charge in [0.25, 0.3) is 0 Å². The second-order valence-electron chi connectivity index (χ2n) is 7.16. The van der Waals surface area contributed by atoms with Crippen LogP contribution in [-0.4, -0.2) is 56.3 Å². The van der Waals surface area contributed by atoms with Crippen LogP contribution >= 0.6 is 24.0 Å². The summed E-state index contributed by atoms with van der Waals surface area (Å²) < 4.78 is 38.7. The zero-order valence-corrected chi connectivity index (χ0v) is 17.6. The lowest BCUT2D eigenvalue weighted by Crippen LogP contribution is -2.48. The Morgan fingerprint density at radius 3 is 2.40 bits per heavy atom. The first-order valence-electron chi connectivity index (χ1n) is 9.14. The monoisotopic (exact) mass is 476 g/mol. The fourth-order valence-electron chi connectivity index (χ4n) is 3.88. The summed E-state index contributed by atoms with van der Waals surface area (Å²) in [4.78, 5) is 6.53. The molecule has 0 aromatic rings. The molecule has 8 heteroatoms. The van der Waals surface area contributed by atoms with Gasteiger partial charge in [-0.15, -0.1) is 24.0 Å². The quantitative estimate of drug-likeness (QED) is 0.361. The first kappa shape index (κ1) is 22.8. The van der Waals surface area contributed by atoms with E-state index in [-0.39, 0.29) is 42.9 Å². The third-order valence-electron chi connectivity index (χ3n) is 5.41. The molecule has 0 amide bonds. The molecule has 2 aliphatic carbocycles. The topological polar surface area (TPSA) is 39.7 Å². The molecule has 148 valence electrons. The molecule has 25 heavy (non-hydrogen) atoms. The minimum atomic E-state index is -4.08. The molecule has 0 aromatic carbocycles. The molecule has 2 unspecified atom stereocenters. The highest BCUT2D eigenvalue weighted by Crippen LogP contribution is 2.37. The Hall–Kier alpha value is -0.250. The molecular weight excluding hydrogens is 444 g/mol. The second kappa shape index (κ2) is 10.8. The molecule has 2 rings (SSSR count). The number of likely N-dealkylation sites (N-methyl/N-ethyl adjacent to an activating group) is 1. The van der Waals surface area contributed by atoms with E-state index in [0.717, 1.165) is 19.5 Å². The average Bonchev–Trinajstić information content (AvgIpc) is 3.08. The number of nitrogens with one attached hydrogen (secondary N) is 2. The maximum atomic E-state index is 12.9. The first-order chi connectivity index (χ1) is 11.4. The Morgan fingerprint density at radius 2 is 1.80 bits per heavy atom. The van der Waals surface area contributed by atoms with Gasteiger partial charge >= 0.3 is 6.18 Å². The van der Waals surface area contributed by atoms with Gasteiger partial charge in [-0.2, -0.15) is 13.2 Å². The number of hydrogen-bond acceptors (Lipinski definition) is 2. The molecule has 2 N–H and O–H groups in total. The number of nitrogens with zero attached hydrogens (tertiary/aromatic N) is 2. The fraction of sp³-hybridized carbons (Fsp3) is 0.941. The van der Waals surface area contributed by atoms with Crippen molar-refractivity contribution in [1.29, 1.82) is 0 Å². The van der Waals surface area contributed by atoms with Crippen molar-refractivity contribution in [3.63, 3.8) is 0 Å². The standard InChI is InChI=1S/C17H31F3N4.HI/c1-21-16(22-10-11-24(2)15-8-3-4-9-15)23-14-7-5-6-13(12-14)17(18,19)20;/h13-15H,3-12H2,1-2H3,(H2,21,22,23);1H. The summed E-state index contributed by atoms with van der Waals surface area (Å²) in [5.74, 6) is -0.571. The smallest absolute Gasteiger partial charge is 0.355 e. The molecule has 2 saturated carbocycles. The normalized spacial score (nSPS) is 25.8. The molecule has 0 saturated heterocycles. The van der Waals surface area contributed by atoms with Gasteiger partial charge in [0.1, 0.15) is 0 Å². The summed E-state index contributed by atoms with van der Waals surface area (Å²) >= 11 is 0. The van der Waals surface area contributed by atoms with Gasteiger partial charge in [-0.25, -0.2) is 0 Å². The number of alkyl halides is 3. The molecule has 2 atom stereocenters. The van der Waals surface area contributed by atoms with Gasteiger partial charge in [-0.3, -0.25) is 4.99 Å². The fourth-order valence-corrected chi connectivity index (χ4v) is 3.88. The van der Waals surface area contributed by atoms with Gasteiger partial charge < -0.3 is 15.5 Å². The lowest BCUT2D eigenvalue weighted by atomic mass is 9.85. The van der Waals surface area contributed by atoms with E-state index < -0.39 is 12.1 Å². The van der Waals surface area contributed by atoms with E-state index in [0.29, 0.717) is 18.4 Å². The highest BCUT2D eigenvalue weighted by molar-refractivity contribution is 14.0. The van der Waals surface area contributed by atoms with Gasteiger partial charge in [-0.1, -0.05) is 19.3 Å². The average molecular weight is 476 g/mol. The van der Waals surface area contributed by atoms with Crippen LogP contribution in [0, 0.1) is 5.92 Å². The van der Waals surface area contributed by atoms with Crippen molar-refractivity contribution >= 4 is 29.9 Å². The van der Waals surface area contributed by atoms with Crippen molar-refractivity contribution in [2.75, 3.05) is 27.2 Å². The van der Waals surface area contributed by atoms with Crippen LogP contribution in [0.4, 0.5) is 13.2 Å². The van der Waals surface area contributed by atoms with Crippen molar-refractivity contribution in [2.45, 2.75) is 69.6 Å². The molecule has 0 aromatic heterocycles. The van der Waals surface area contributed by atoms with E-state index in [2.05, 4.69) is 27.6 Å². The zero-order chi connectivity index (χ0) is 17.6. The van der Waals surface area contributed by atoms with Crippen LogP contribution in [0.15, 0.2) is 4.99 Å². The van der Waals surface area contributed by atoms with E-state index in [1.807, 2.05) is 0 Å². The predicted molar refractivity (Wildman–Crippen MR) is 107 cm³/mol. The van der Waals surface area contributed by atoms with Crippen molar-refractivity contribution in [2.24, 2.45) is 10.9 Å². The molecule has 2 aliphatic rings. The Bertz CT molecular complexity index is 411. The number of rotatable bonds is 5. The Morgan fingerprint density at radius 1 is 1.12 bits per heavy atom. The summed E-state index contributed by atoms with van der Waals surface area (Å²) in [6.45, 7) is 1.67. The predicted octanol–water partition coefficient (Wildman–Crippen LogP) is 3.76. The van der Waals surface area contributed by atoms with Gasteiger partial charge in [0.05, 0.1) is 5.92 Å². The molecule has 0 radical (unpaired) electrons. The van der Waals surface area contributed by atoms with Gasteiger partial charge in [-0.05, 0) is 39.2 Å². The minimum absolute atomic E-state index is 0. The van der Waals surface area contributed by atoms with Crippen molar-refractivity contribution in [3.8, 4) is 0 Å². The Balaban J connectivity index is 0.00000312. The summed E-state index contributed by atoms with van der Waals surface area (Å²) in [6, 6.07) is 0.525. The lowest BCUT2D eigenvalue weighted by Gasteiger charge is -2.32. The largest absolute Gasteiger partial charge is 0.391 e. The van der Waals surface area contributed by atoms with Crippen LogP contribution in [-0.2, 0) is 0 Å². The second-order valence-corrected chi connectivity index (χ2v) is 7.16. The highest BCUT2D eigenvalue weighted by Gasteiger charge is 2.42. The zero-order valence-electron chi connectivity index (χ0n) is 15.2. The third kappa shape index (κ3) is 7.48. The summed E-state index contributed by atoms with van der Waals surface area (Å²) in [5, 5.41) is 6.41. The van der Waals surface area contributed by atoms with Gasteiger partial charge in [0.2, 0.25) is 0 Å². The first-order valence-corrected chi connectivity index (χ1v) is 9.14. The van der Waals surface area contributed by atoms with Crippen LogP contribution in [0.1, 0.15) is 51.4 Å². The Kier molecular flexibility index (Phi) is 9.84. The van der Waals surface area contributed by atoms with Crippen molar-refractivity contribution < 1.29 is 13.2 Å². The van der Waals surface area contributed by atoms with E-state index in [4.69, 9.17) is 0 Å². The van der Waals surface area contributed by atoms with Crippen LogP contribution in [0.3, 0.4) is 0 Å². The van der Waals surface area contributed by atoms with Crippen LogP contribution in [0.5, 0.6) is 0 Å². The van der Waals surface area contributed by atoms with Crippen molar-refractivity contribution in [3.05, 3.63) is 0 Å². The van der Waals surface area contributed by atoms with Crippen LogP contribution in [0.2, 0.25) is 0 Å². The van der Waals surface area contributed by atoms with E-state index in [9.17, 15) is 13.2 Å². The van der Waals surface area contributed by atoms with E-state index in [1.165, 1.54) is 25.7 Å². The summed E-state index contributed by atoms with van der Waals surface area (Å²) in [5.41, 5.74) is 0. The molecule has 4 nitrogen and oxygen atoms in total. The molecule has 0 spiro atoms. The SMILES string of the molecule is CN=C(NCCN(C)C1CCCC1)NC1CCCC(C(F)(F)F)C1.I. The lowest BCUT2D eigenvalue weighted by molar-refractivity contribution is -0.183. The number of halogens is 4. The van der Waals surface area contributed by atoms with E-state index in [1.54, 1.807) is 7.05 Å². The van der Waals surface area contributed by atoms with Crippen LogP contribution < -0.4 is 10.6 Å². The maximum absolute atomic E-state index is 12.9. The Labute approximate surface area is 166 Å². The summed E-state index contributed by atoms with van der Waals surface area (Å²) in [7, 11) is 3.81. The number of aliphatic imine (C=N–C) groups is 1. The van der Waals surface area contributed by atoms with Crippen LogP contribution in [0.25, 0.3) is 0 Å². The number of guanidine groups is 1. The number of hydrogen-bond donors (Lipinski definition) is 2. The third-order valence-corrected chi connectivity index (χ3v) is 5.41. The molecule has 0 bridgehead atoms. The molecule has 0 heterocycles. The van der Waals surface area contributed by atoms with Gasteiger partial charge in [0, 0.05) is 32.2 Å². The van der Waals surface area contributed by atoms with E-state index >= 15 is 0 Å². The molecule has 2 fully saturated rings. The summed E-state index contributed by atoms with van der Waals surface area (Å²) in [6.07, 6.45) is 2.86. The van der Waals surface area contributed by atoms with Crippen molar-refractivity contribution in [1.82, 2.24) is 15.5 Å². The maximum Gasteiger partial charge on any atom is 0.391 e. The molecular formula is C17H32F3IN4. The minimum Gasteiger partial charge on any atom is -0.355 e. The highest BCUT2D eigenvalue weighted by atomic mass is 127.